The zero-order chi connectivity index (χ0) is 21.0. The molecule has 0 fully saturated rings. The van der Waals surface area contributed by atoms with E-state index < -0.39 is 23.4 Å². The van der Waals surface area contributed by atoms with Crippen molar-refractivity contribution >= 4 is 52.7 Å². The second-order valence-electron chi connectivity index (χ2n) is 5.49. The number of halogens is 2. The SMILES string of the molecule is O=C(COC(=O)C=Cc1cc2c(cc1[N+](=O)[O-])OCO2)Nc1ncc(Cl)cc1Cl. The number of ether oxygens (including phenoxy) is 3. The summed E-state index contributed by atoms with van der Waals surface area (Å²) in [6.07, 6.45) is 3.42. The van der Waals surface area contributed by atoms with Crippen molar-refractivity contribution in [2.24, 2.45) is 0 Å². The fraction of sp³-hybridized carbons (Fsp3) is 0.118. The molecule has 3 rings (SSSR count). The van der Waals surface area contributed by atoms with Crippen LogP contribution in [0.5, 0.6) is 11.5 Å². The lowest BCUT2D eigenvalue weighted by atomic mass is 10.1. The largest absolute Gasteiger partial charge is 0.454 e. The second kappa shape index (κ2) is 8.76. The third-order valence-corrected chi connectivity index (χ3v) is 4.02. The van der Waals surface area contributed by atoms with Crippen LogP contribution < -0.4 is 14.8 Å². The molecule has 150 valence electrons. The van der Waals surface area contributed by atoms with Crippen LogP contribution in [0.15, 0.2) is 30.5 Å². The molecule has 1 aromatic carbocycles. The van der Waals surface area contributed by atoms with Crippen molar-refractivity contribution in [3.05, 3.63) is 56.2 Å². The Bertz CT molecular complexity index is 1030. The molecule has 1 aromatic heterocycles. The van der Waals surface area contributed by atoms with Gasteiger partial charge < -0.3 is 19.5 Å². The Labute approximate surface area is 173 Å². The number of hydrogen-bond acceptors (Lipinski definition) is 8. The standard InChI is InChI=1S/C17H11Cl2N3O7/c18-10-4-11(19)17(20-6-10)21-15(23)7-27-16(24)2-1-9-3-13-14(29-8-28-13)5-12(9)22(25)26/h1-6H,7-8H2,(H,20,21,23). The van der Waals surface area contributed by atoms with E-state index in [0.717, 1.165) is 6.08 Å². The summed E-state index contributed by atoms with van der Waals surface area (Å²) in [4.78, 5) is 38.1. The quantitative estimate of drug-likeness (QED) is 0.314. The highest BCUT2D eigenvalue weighted by atomic mass is 35.5. The fourth-order valence-corrected chi connectivity index (χ4v) is 2.68. The fourth-order valence-electron chi connectivity index (χ4n) is 2.26. The van der Waals surface area contributed by atoms with E-state index in [1.165, 1.54) is 30.5 Å². The number of amides is 1. The average molecular weight is 440 g/mol. The van der Waals surface area contributed by atoms with Crippen LogP contribution in [0.4, 0.5) is 11.5 Å². The summed E-state index contributed by atoms with van der Waals surface area (Å²) in [5, 5.41) is 14.0. The molecule has 1 aliphatic heterocycles. The third-order valence-electron chi connectivity index (χ3n) is 3.53. The molecular weight excluding hydrogens is 429 g/mol. The van der Waals surface area contributed by atoms with E-state index in [0.29, 0.717) is 10.8 Å². The average Bonchev–Trinajstić information content (AvgIpc) is 3.13. The smallest absolute Gasteiger partial charge is 0.331 e. The van der Waals surface area contributed by atoms with E-state index >= 15 is 0 Å². The molecule has 0 atom stereocenters. The number of pyridine rings is 1. The van der Waals surface area contributed by atoms with Crippen LogP contribution in [0, 0.1) is 10.1 Å². The maximum atomic E-state index is 11.8. The summed E-state index contributed by atoms with van der Waals surface area (Å²) in [5.74, 6) is -0.957. The highest BCUT2D eigenvalue weighted by molar-refractivity contribution is 6.36. The van der Waals surface area contributed by atoms with Gasteiger partial charge in [0, 0.05) is 12.3 Å². The zero-order valence-corrected chi connectivity index (χ0v) is 15.9. The first-order chi connectivity index (χ1) is 13.8. The Kier molecular flexibility index (Phi) is 6.15. The van der Waals surface area contributed by atoms with Crippen molar-refractivity contribution in [3.63, 3.8) is 0 Å². The van der Waals surface area contributed by atoms with Gasteiger partial charge in [0.2, 0.25) is 6.79 Å². The van der Waals surface area contributed by atoms with E-state index in [1.54, 1.807) is 0 Å². The molecule has 0 unspecified atom stereocenters. The first kappa shape index (κ1) is 20.4. The normalized spacial score (nSPS) is 12.1. The van der Waals surface area contributed by atoms with Crippen LogP contribution in [0.2, 0.25) is 10.0 Å². The van der Waals surface area contributed by atoms with Crippen molar-refractivity contribution < 1.29 is 28.7 Å². The summed E-state index contributed by atoms with van der Waals surface area (Å²) in [7, 11) is 0. The highest BCUT2D eigenvalue weighted by Gasteiger charge is 2.22. The van der Waals surface area contributed by atoms with Crippen molar-refractivity contribution in [1.29, 1.82) is 0 Å². The lowest BCUT2D eigenvalue weighted by molar-refractivity contribution is -0.385. The molecular formula is C17H11Cl2N3O7. The number of aromatic nitrogens is 1. The van der Waals surface area contributed by atoms with Crippen LogP contribution in [-0.4, -0.2) is 35.2 Å². The number of esters is 1. The van der Waals surface area contributed by atoms with Crippen molar-refractivity contribution in [1.82, 2.24) is 4.98 Å². The Balaban J connectivity index is 1.60. The number of hydrogen-bond donors (Lipinski definition) is 1. The van der Waals surface area contributed by atoms with Crippen LogP contribution in [0.3, 0.4) is 0 Å². The van der Waals surface area contributed by atoms with Gasteiger partial charge in [-0.25, -0.2) is 9.78 Å². The van der Waals surface area contributed by atoms with E-state index in [4.69, 9.17) is 37.4 Å². The Hall–Kier alpha value is -3.37. The molecule has 0 bridgehead atoms. The van der Waals surface area contributed by atoms with E-state index in [1.807, 2.05) is 0 Å². The van der Waals surface area contributed by atoms with E-state index in [2.05, 4.69) is 10.3 Å². The molecule has 0 saturated heterocycles. The molecule has 2 heterocycles. The van der Waals surface area contributed by atoms with Gasteiger partial charge in [-0.15, -0.1) is 0 Å². The molecule has 1 N–H and O–H groups in total. The van der Waals surface area contributed by atoms with Gasteiger partial charge in [-0.3, -0.25) is 14.9 Å². The Morgan fingerprint density at radius 2 is 2.00 bits per heavy atom. The number of nitro benzene ring substituents is 1. The first-order valence-electron chi connectivity index (χ1n) is 7.87. The summed E-state index contributed by atoms with van der Waals surface area (Å²) >= 11 is 11.6. The number of rotatable bonds is 6. The van der Waals surface area contributed by atoms with Gasteiger partial charge in [-0.1, -0.05) is 23.2 Å². The number of benzene rings is 1. The molecule has 0 spiro atoms. The van der Waals surface area contributed by atoms with Crippen molar-refractivity contribution in [3.8, 4) is 11.5 Å². The molecule has 10 nitrogen and oxygen atoms in total. The zero-order valence-electron chi connectivity index (χ0n) is 14.4. The topological polar surface area (TPSA) is 130 Å². The number of nitro groups is 1. The number of nitrogens with one attached hydrogen (secondary N) is 1. The van der Waals surface area contributed by atoms with Crippen LogP contribution in [-0.2, 0) is 14.3 Å². The first-order valence-corrected chi connectivity index (χ1v) is 8.63. The third kappa shape index (κ3) is 5.12. The summed E-state index contributed by atoms with van der Waals surface area (Å²) in [6, 6.07) is 3.95. The second-order valence-corrected chi connectivity index (χ2v) is 6.34. The number of nitrogens with zero attached hydrogens (tertiary/aromatic N) is 2. The summed E-state index contributed by atoms with van der Waals surface area (Å²) in [6.45, 7) is -0.670. The lowest BCUT2D eigenvalue weighted by Crippen LogP contribution is -2.20. The lowest BCUT2D eigenvalue weighted by Gasteiger charge is -2.06. The van der Waals surface area contributed by atoms with Crippen molar-refractivity contribution in [2.45, 2.75) is 0 Å². The maximum absolute atomic E-state index is 11.8. The number of carbonyl (C=O) groups is 2. The molecule has 2 aromatic rings. The van der Waals surface area contributed by atoms with Gasteiger partial charge in [0.1, 0.15) is 0 Å². The Morgan fingerprint density at radius 3 is 2.69 bits per heavy atom. The van der Waals surface area contributed by atoms with Gasteiger partial charge in [-0.2, -0.15) is 0 Å². The van der Waals surface area contributed by atoms with E-state index in [-0.39, 0.29) is 34.6 Å². The molecule has 29 heavy (non-hydrogen) atoms. The van der Waals surface area contributed by atoms with Gasteiger partial charge in [0.15, 0.2) is 23.9 Å². The summed E-state index contributed by atoms with van der Waals surface area (Å²) in [5.41, 5.74) is -0.169. The number of carbonyl (C=O) groups excluding carboxylic acids is 2. The highest BCUT2D eigenvalue weighted by Crippen LogP contribution is 2.38. The number of fused-ring (bicyclic) bond motifs is 1. The Morgan fingerprint density at radius 1 is 1.28 bits per heavy atom. The summed E-state index contributed by atoms with van der Waals surface area (Å²) < 4.78 is 15.0. The minimum absolute atomic E-state index is 0.0523. The van der Waals surface area contributed by atoms with Crippen LogP contribution >= 0.6 is 23.2 Å². The monoisotopic (exact) mass is 439 g/mol. The molecule has 0 radical (unpaired) electrons. The van der Waals surface area contributed by atoms with Crippen LogP contribution in [0.25, 0.3) is 6.08 Å². The predicted molar refractivity (Wildman–Crippen MR) is 102 cm³/mol. The van der Waals surface area contributed by atoms with Gasteiger partial charge in [0.05, 0.1) is 26.6 Å². The number of anilines is 1. The van der Waals surface area contributed by atoms with Crippen LogP contribution in [0.1, 0.15) is 5.56 Å². The van der Waals surface area contributed by atoms with Gasteiger partial charge >= 0.3 is 5.97 Å². The molecule has 0 saturated carbocycles. The van der Waals surface area contributed by atoms with E-state index in [9.17, 15) is 19.7 Å². The van der Waals surface area contributed by atoms with Gasteiger partial charge in [0.25, 0.3) is 11.6 Å². The molecule has 1 aliphatic rings. The molecule has 0 aliphatic carbocycles. The molecule has 12 heteroatoms. The predicted octanol–water partition coefficient (Wildman–Crippen LogP) is 3.22. The maximum Gasteiger partial charge on any atom is 0.331 e. The van der Waals surface area contributed by atoms with Crippen molar-refractivity contribution in [2.75, 3.05) is 18.7 Å². The molecule has 1 amide bonds. The minimum Gasteiger partial charge on any atom is -0.454 e. The van der Waals surface area contributed by atoms with Gasteiger partial charge in [-0.05, 0) is 18.2 Å². The minimum atomic E-state index is -0.887.